The highest BCUT2D eigenvalue weighted by Gasteiger charge is 2.24. The van der Waals surface area contributed by atoms with Crippen molar-refractivity contribution in [3.05, 3.63) is 41.6 Å². The van der Waals surface area contributed by atoms with E-state index in [9.17, 15) is 13.6 Å². The van der Waals surface area contributed by atoms with Gasteiger partial charge in [-0.2, -0.15) is 0 Å². The Balaban J connectivity index is 1.91. The molecule has 142 valence electrons. The number of carbonyl (C=O) groups excluding carboxylic acids is 1. The molecule has 6 N–H and O–H groups in total. The number of nitrogens with two attached hydrogens (primary N) is 1. The number of aromatic nitrogens is 1. The largest absolute Gasteiger partial charge is 0.383 e. The van der Waals surface area contributed by atoms with Crippen molar-refractivity contribution >= 4 is 29.3 Å². The Bertz CT molecular complexity index is 858. The van der Waals surface area contributed by atoms with E-state index < -0.39 is 23.4 Å². The summed E-state index contributed by atoms with van der Waals surface area (Å²) in [5.41, 5.74) is 5.54. The molecule has 1 fully saturated rings. The lowest BCUT2D eigenvalue weighted by Gasteiger charge is -2.31. The van der Waals surface area contributed by atoms with Gasteiger partial charge in [-0.15, -0.1) is 0 Å². The number of nitrogens with zero attached hydrogens (tertiary/aromatic N) is 3. The summed E-state index contributed by atoms with van der Waals surface area (Å²) in [5, 5.41) is 15.8. The van der Waals surface area contributed by atoms with Gasteiger partial charge >= 0.3 is 0 Å². The van der Waals surface area contributed by atoms with Crippen LogP contribution in [0.5, 0.6) is 0 Å². The summed E-state index contributed by atoms with van der Waals surface area (Å²) in [6, 6.07) is 0. The molecule has 1 aromatic heterocycles. The normalized spacial score (nSPS) is 18.4. The molecule has 0 radical (unpaired) electrons. The lowest BCUT2D eigenvalue weighted by Crippen LogP contribution is -2.44. The van der Waals surface area contributed by atoms with Gasteiger partial charge in [0.1, 0.15) is 22.9 Å². The van der Waals surface area contributed by atoms with Gasteiger partial charge in [-0.3, -0.25) is 15.2 Å². The molecule has 27 heavy (non-hydrogen) atoms. The Morgan fingerprint density at radius 2 is 2.04 bits per heavy atom. The van der Waals surface area contributed by atoms with Crippen LogP contribution in [0, 0.1) is 11.2 Å². The van der Waals surface area contributed by atoms with E-state index in [0.717, 1.165) is 18.6 Å². The lowest BCUT2D eigenvalue weighted by atomic mass is 10.2. The maximum atomic E-state index is 14.4. The minimum absolute atomic E-state index is 0.0884. The van der Waals surface area contributed by atoms with E-state index in [1.807, 2.05) is 0 Å². The molecule has 1 aromatic rings. The van der Waals surface area contributed by atoms with Crippen molar-refractivity contribution in [2.75, 3.05) is 36.4 Å². The van der Waals surface area contributed by atoms with E-state index in [4.69, 9.17) is 11.1 Å². The highest BCUT2D eigenvalue weighted by atomic mass is 19.1. The molecule has 0 unspecified atom stereocenters. The van der Waals surface area contributed by atoms with Gasteiger partial charge < -0.3 is 26.6 Å². The standard InChI is InChI=1S/C16H18F2N8O/c17-9-5-23-15(24-6-9)12(14(19)20)16(27)25-11-8-22-7-10(18)13(11)26-3-1-21-2-4-26/h5-8,21,23H,1-4H2,(H3,19,20)(H,25,27)/b15-12-. The zero-order valence-electron chi connectivity index (χ0n) is 14.2. The number of hydrogen-bond donors (Lipinski definition) is 5. The molecule has 3 rings (SSSR count). The monoisotopic (exact) mass is 376 g/mol. The number of carbonyl (C=O) groups is 1. The minimum Gasteiger partial charge on any atom is -0.383 e. The molecule has 1 amide bonds. The zero-order valence-corrected chi connectivity index (χ0v) is 14.2. The fourth-order valence-electron chi connectivity index (χ4n) is 2.75. The quantitative estimate of drug-likeness (QED) is 0.290. The van der Waals surface area contributed by atoms with Crippen molar-refractivity contribution in [3.8, 4) is 0 Å². The molecular weight excluding hydrogens is 358 g/mol. The molecule has 3 heterocycles. The Hall–Kier alpha value is -3.34. The maximum Gasteiger partial charge on any atom is 0.263 e. The fourth-order valence-corrected chi connectivity index (χ4v) is 2.75. The van der Waals surface area contributed by atoms with Gasteiger partial charge in [0.25, 0.3) is 5.91 Å². The number of pyridine rings is 1. The van der Waals surface area contributed by atoms with E-state index in [2.05, 4.69) is 25.9 Å². The molecule has 11 heteroatoms. The molecule has 0 aliphatic carbocycles. The van der Waals surface area contributed by atoms with Crippen molar-refractivity contribution in [2.24, 2.45) is 10.7 Å². The number of allylic oxidation sites excluding steroid dienone is 1. The number of aliphatic imine (C=N–C) groups is 1. The first-order chi connectivity index (χ1) is 13.0. The number of halogens is 2. The van der Waals surface area contributed by atoms with Crippen molar-refractivity contribution in [1.82, 2.24) is 15.6 Å². The second-order valence-corrected chi connectivity index (χ2v) is 5.78. The predicted molar refractivity (Wildman–Crippen MR) is 97.7 cm³/mol. The van der Waals surface area contributed by atoms with E-state index in [0.29, 0.717) is 26.2 Å². The number of anilines is 2. The average Bonchev–Trinajstić information content (AvgIpc) is 2.64. The van der Waals surface area contributed by atoms with Gasteiger partial charge in [-0.25, -0.2) is 13.8 Å². The topological polar surface area (TPSA) is 132 Å². The second kappa shape index (κ2) is 7.91. The summed E-state index contributed by atoms with van der Waals surface area (Å²) in [4.78, 5) is 22.0. The predicted octanol–water partition coefficient (Wildman–Crippen LogP) is 0.201. The van der Waals surface area contributed by atoms with Crippen molar-refractivity contribution in [3.63, 3.8) is 0 Å². The van der Waals surface area contributed by atoms with Gasteiger partial charge in [-0.1, -0.05) is 0 Å². The van der Waals surface area contributed by atoms with Crippen LogP contribution >= 0.6 is 0 Å². The SMILES string of the molecule is N=C(N)/C(C(=O)Nc1cncc(F)c1N1CCNCC1)=C1/N=CC(F)=CN1. The maximum absolute atomic E-state index is 14.4. The number of hydrogen-bond acceptors (Lipinski definition) is 7. The van der Waals surface area contributed by atoms with Crippen molar-refractivity contribution < 1.29 is 13.6 Å². The fraction of sp³-hybridized carbons (Fsp3) is 0.250. The van der Waals surface area contributed by atoms with Crippen molar-refractivity contribution in [2.45, 2.75) is 0 Å². The van der Waals surface area contributed by atoms with Gasteiger partial charge in [0, 0.05) is 32.4 Å². The Labute approximate surface area is 153 Å². The second-order valence-electron chi connectivity index (χ2n) is 5.78. The van der Waals surface area contributed by atoms with Gasteiger partial charge in [0.05, 0.1) is 24.3 Å². The van der Waals surface area contributed by atoms with Crippen LogP contribution in [0.2, 0.25) is 0 Å². The number of nitrogens with one attached hydrogen (secondary N) is 4. The summed E-state index contributed by atoms with van der Waals surface area (Å²) in [5.74, 6) is -2.67. The van der Waals surface area contributed by atoms with Gasteiger partial charge in [0.15, 0.2) is 11.6 Å². The van der Waals surface area contributed by atoms with Crippen LogP contribution in [0.3, 0.4) is 0 Å². The van der Waals surface area contributed by atoms with Crippen LogP contribution in [0.15, 0.2) is 40.8 Å². The number of piperazine rings is 1. The summed E-state index contributed by atoms with van der Waals surface area (Å²) in [6.45, 7) is 2.46. The van der Waals surface area contributed by atoms with E-state index in [1.165, 1.54) is 6.20 Å². The molecule has 0 spiro atoms. The van der Waals surface area contributed by atoms with E-state index in [1.54, 1.807) is 4.90 Å². The first kappa shape index (κ1) is 18.5. The third-order valence-electron chi connectivity index (χ3n) is 3.95. The van der Waals surface area contributed by atoms with Crippen LogP contribution in [0.4, 0.5) is 20.2 Å². The molecule has 0 atom stereocenters. The van der Waals surface area contributed by atoms with Crippen LogP contribution < -0.4 is 26.6 Å². The summed E-state index contributed by atoms with van der Waals surface area (Å²) in [7, 11) is 0. The third kappa shape index (κ3) is 4.08. The summed E-state index contributed by atoms with van der Waals surface area (Å²) >= 11 is 0. The van der Waals surface area contributed by atoms with Gasteiger partial charge in [0.2, 0.25) is 0 Å². The molecule has 0 saturated carbocycles. The lowest BCUT2D eigenvalue weighted by molar-refractivity contribution is -0.112. The first-order valence-corrected chi connectivity index (χ1v) is 8.13. The minimum atomic E-state index is -0.790. The molecule has 2 aliphatic heterocycles. The Kier molecular flexibility index (Phi) is 5.41. The number of rotatable bonds is 4. The van der Waals surface area contributed by atoms with Gasteiger partial charge in [-0.05, 0) is 0 Å². The van der Waals surface area contributed by atoms with Crippen molar-refractivity contribution in [1.29, 1.82) is 5.41 Å². The zero-order chi connectivity index (χ0) is 19.4. The molecule has 0 bridgehead atoms. The number of amidine groups is 1. The number of amides is 1. The van der Waals surface area contributed by atoms with E-state index >= 15 is 0 Å². The van der Waals surface area contributed by atoms with Crippen LogP contribution in [-0.4, -0.2) is 49.1 Å². The Morgan fingerprint density at radius 1 is 1.30 bits per heavy atom. The summed E-state index contributed by atoms with van der Waals surface area (Å²) in [6.07, 6.45) is 4.25. The van der Waals surface area contributed by atoms with Crippen LogP contribution in [0.1, 0.15) is 0 Å². The average molecular weight is 376 g/mol. The van der Waals surface area contributed by atoms with E-state index in [-0.39, 0.29) is 22.8 Å². The third-order valence-corrected chi connectivity index (χ3v) is 3.95. The smallest absolute Gasteiger partial charge is 0.263 e. The Morgan fingerprint density at radius 3 is 2.67 bits per heavy atom. The molecular formula is C16H18F2N8O. The summed E-state index contributed by atoms with van der Waals surface area (Å²) < 4.78 is 27.5. The highest BCUT2D eigenvalue weighted by molar-refractivity contribution is 6.24. The molecule has 0 aromatic carbocycles. The molecule has 1 saturated heterocycles. The molecule has 2 aliphatic rings. The first-order valence-electron chi connectivity index (χ1n) is 8.13. The van der Waals surface area contributed by atoms with Crippen LogP contribution in [0.25, 0.3) is 0 Å². The van der Waals surface area contributed by atoms with Crippen LogP contribution in [-0.2, 0) is 4.79 Å². The highest BCUT2D eigenvalue weighted by Crippen LogP contribution is 2.29. The molecule has 9 nitrogen and oxygen atoms in total.